The maximum absolute atomic E-state index is 11.8. The minimum absolute atomic E-state index is 0.0214. The summed E-state index contributed by atoms with van der Waals surface area (Å²) in [5, 5.41) is 0. The van der Waals surface area contributed by atoms with Gasteiger partial charge >= 0.3 is 0 Å². The Bertz CT molecular complexity index is 599. The molecular formula is C12H13N3O. The van der Waals surface area contributed by atoms with E-state index in [4.69, 9.17) is 5.73 Å². The molecule has 0 unspecified atom stereocenters. The molecule has 4 nitrogen and oxygen atoms in total. The molecule has 2 heterocycles. The van der Waals surface area contributed by atoms with Gasteiger partial charge in [-0.15, -0.1) is 0 Å². The number of nitrogens with zero attached hydrogens (tertiary/aromatic N) is 2. The number of fused-ring (bicyclic) bond motifs is 1. The Morgan fingerprint density at radius 1 is 1.38 bits per heavy atom. The fourth-order valence-corrected chi connectivity index (χ4v) is 2.05. The van der Waals surface area contributed by atoms with E-state index >= 15 is 0 Å². The Balaban J connectivity index is 2.23. The molecule has 1 aliphatic rings. The Hall–Kier alpha value is -1.84. The minimum atomic E-state index is -0.0214. The summed E-state index contributed by atoms with van der Waals surface area (Å²) in [6.07, 6.45) is 5.20. The standard InChI is InChI=1S/C12H13N3O/c13-9-4-5-15-11(6-9)14-10(7-12(15)16)8-2-1-3-8/h4-8H,1-3,13H2. The highest BCUT2D eigenvalue weighted by Crippen LogP contribution is 2.34. The lowest BCUT2D eigenvalue weighted by molar-refractivity contribution is 0.411. The third-order valence-electron chi connectivity index (χ3n) is 3.23. The number of hydrogen-bond acceptors (Lipinski definition) is 3. The molecule has 0 atom stereocenters. The first kappa shape index (κ1) is 9.39. The number of anilines is 1. The maximum atomic E-state index is 11.8. The van der Waals surface area contributed by atoms with Gasteiger partial charge in [-0.05, 0) is 18.9 Å². The number of hydrogen-bond donors (Lipinski definition) is 1. The van der Waals surface area contributed by atoms with Crippen molar-refractivity contribution in [3.8, 4) is 0 Å². The second-order valence-corrected chi connectivity index (χ2v) is 4.34. The number of nitrogen functional groups attached to an aromatic ring is 1. The zero-order chi connectivity index (χ0) is 11.1. The molecule has 82 valence electrons. The van der Waals surface area contributed by atoms with Gasteiger partial charge in [0, 0.05) is 29.9 Å². The smallest absolute Gasteiger partial charge is 0.258 e. The van der Waals surface area contributed by atoms with Crippen LogP contribution in [0.2, 0.25) is 0 Å². The molecule has 0 aliphatic heterocycles. The predicted octanol–water partition coefficient (Wildman–Crippen LogP) is 1.54. The van der Waals surface area contributed by atoms with Crippen LogP contribution in [0, 0.1) is 0 Å². The third-order valence-corrected chi connectivity index (χ3v) is 3.23. The van der Waals surface area contributed by atoms with Crippen LogP contribution in [0.4, 0.5) is 5.69 Å². The molecule has 1 aliphatic carbocycles. The van der Waals surface area contributed by atoms with Crippen molar-refractivity contribution in [1.29, 1.82) is 0 Å². The molecule has 2 aromatic heterocycles. The summed E-state index contributed by atoms with van der Waals surface area (Å²) >= 11 is 0. The maximum Gasteiger partial charge on any atom is 0.258 e. The molecule has 1 saturated carbocycles. The molecule has 2 aromatic rings. The number of nitrogens with two attached hydrogens (primary N) is 1. The predicted molar refractivity (Wildman–Crippen MR) is 62.5 cm³/mol. The van der Waals surface area contributed by atoms with E-state index in [1.165, 1.54) is 10.8 Å². The van der Waals surface area contributed by atoms with E-state index in [1.807, 2.05) is 0 Å². The summed E-state index contributed by atoms with van der Waals surface area (Å²) in [4.78, 5) is 16.3. The summed E-state index contributed by atoms with van der Waals surface area (Å²) in [6.45, 7) is 0. The van der Waals surface area contributed by atoms with Gasteiger partial charge in [0.25, 0.3) is 5.56 Å². The van der Waals surface area contributed by atoms with Crippen LogP contribution in [-0.4, -0.2) is 9.38 Å². The fourth-order valence-electron chi connectivity index (χ4n) is 2.05. The first-order valence-corrected chi connectivity index (χ1v) is 5.53. The van der Waals surface area contributed by atoms with E-state index < -0.39 is 0 Å². The van der Waals surface area contributed by atoms with Gasteiger partial charge in [0.15, 0.2) is 0 Å². The largest absolute Gasteiger partial charge is 0.399 e. The van der Waals surface area contributed by atoms with Gasteiger partial charge in [-0.1, -0.05) is 6.42 Å². The van der Waals surface area contributed by atoms with Gasteiger partial charge in [-0.3, -0.25) is 9.20 Å². The van der Waals surface area contributed by atoms with Crippen molar-refractivity contribution in [2.24, 2.45) is 0 Å². The van der Waals surface area contributed by atoms with Crippen LogP contribution in [0.25, 0.3) is 5.65 Å². The van der Waals surface area contributed by atoms with Crippen molar-refractivity contribution >= 4 is 11.3 Å². The van der Waals surface area contributed by atoms with Crippen LogP contribution in [0.3, 0.4) is 0 Å². The van der Waals surface area contributed by atoms with E-state index in [-0.39, 0.29) is 5.56 Å². The highest BCUT2D eigenvalue weighted by Gasteiger charge is 2.21. The van der Waals surface area contributed by atoms with Crippen molar-refractivity contribution in [2.45, 2.75) is 25.2 Å². The molecule has 0 bridgehead atoms. The molecule has 0 aromatic carbocycles. The van der Waals surface area contributed by atoms with E-state index in [9.17, 15) is 4.79 Å². The summed E-state index contributed by atoms with van der Waals surface area (Å²) < 4.78 is 1.53. The van der Waals surface area contributed by atoms with E-state index in [0.717, 1.165) is 18.5 Å². The summed E-state index contributed by atoms with van der Waals surface area (Å²) in [5.41, 5.74) is 7.87. The fraction of sp³-hybridized carbons (Fsp3) is 0.333. The number of rotatable bonds is 1. The van der Waals surface area contributed by atoms with Crippen molar-refractivity contribution in [1.82, 2.24) is 9.38 Å². The molecule has 1 fully saturated rings. The van der Waals surface area contributed by atoms with Crippen LogP contribution in [0.1, 0.15) is 30.9 Å². The van der Waals surface area contributed by atoms with Crippen LogP contribution >= 0.6 is 0 Å². The monoisotopic (exact) mass is 215 g/mol. The second kappa shape index (κ2) is 3.33. The first-order valence-electron chi connectivity index (χ1n) is 5.53. The molecule has 0 spiro atoms. The van der Waals surface area contributed by atoms with Gasteiger partial charge in [0.2, 0.25) is 0 Å². The van der Waals surface area contributed by atoms with Crippen LogP contribution in [-0.2, 0) is 0 Å². The molecule has 2 N–H and O–H groups in total. The number of aromatic nitrogens is 2. The van der Waals surface area contributed by atoms with Crippen molar-refractivity contribution < 1.29 is 0 Å². The molecule has 3 rings (SSSR count). The first-order chi connectivity index (χ1) is 7.74. The van der Waals surface area contributed by atoms with Gasteiger partial charge in [0.1, 0.15) is 5.65 Å². The van der Waals surface area contributed by atoms with Gasteiger partial charge in [-0.2, -0.15) is 0 Å². The average Bonchev–Trinajstić information content (AvgIpc) is 2.13. The zero-order valence-electron chi connectivity index (χ0n) is 8.89. The van der Waals surface area contributed by atoms with E-state index in [0.29, 0.717) is 17.3 Å². The highest BCUT2D eigenvalue weighted by atomic mass is 16.1. The Morgan fingerprint density at radius 2 is 2.19 bits per heavy atom. The minimum Gasteiger partial charge on any atom is -0.399 e. The lowest BCUT2D eigenvalue weighted by Crippen LogP contribution is -2.19. The SMILES string of the molecule is Nc1ccn2c(=O)cc(C3CCC3)nc2c1. The zero-order valence-corrected chi connectivity index (χ0v) is 8.89. The highest BCUT2D eigenvalue weighted by molar-refractivity contribution is 5.51. The lowest BCUT2D eigenvalue weighted by atomic mass is 9.83. The average molecular weight is 215 g/mol. The Kier molecular flexibility index (Phi) is 1.96. The molecule has 0 amide bonds. The molecule has 0 saturated heterocycles. The summed E-state index contributed by atoms with van der Waals surface area (Å²) in [5.74, 6) is 0.471. The van der Waals surface area contributed by atoms with Crippen LogP contribution < -0.4 is 11.3 Å². The quantitative estimate of drug-likeness (QED) is 0.785. The van der Waals surface area contributed by atoms with E-state index in [1.54, 1.807) is 24.4 Å². The molecule has 0 radical (unpaired) electrons. The van der Waals surface area contributed by atoms with Gasteiger partial charge < -0.3 is 5.73 Å². The topological polar surface area (TPSA) is 60.4 Å². The molecular weight excluding hydrogens is 202 g/mol. The van der Waals surface area contributed by atoms with Gasteiger partial charge in [-0.25, -0.2) is 4.98 Å². The van der Waals surface area contributed by atoms with Crippen molar-refractivity contribution in [3.63, 3.8) is 0 Å². The number of pyridine rings is 1. The van der Waals surface area contributed by atoms with Gasteiger partial charge in [0.05, 0.1) is 5.69 Å². The Morgan fingerprint density at radius 3 is 2.88 bits per heavy atom. The van der Waals surface area contributed by atoms with Crippen LogP contribution in [0.5, 0.6) is 0 Å². The summed E-state index contributed by atoms with van der Waals surface area (Å²) in [6, 6.07) is 5.09. The van der Waals surface area contributed by atoms with Crippen molar-refractivity contribution in [3.05, 3.63) is 40.4 Å². The normalized spacial score (nSPS) is 16.2. The van der Waals surface area contributed by atoms with Crippen molar-refractivity contribution in [2.75, 3.05) is 5.73 Å². The molecule has 16 heavy (non-hydrogen) atoms. The summed E-state index contributed by atoms with van der Waals surface area (Å²) in [7, 11) is 0. The lowest BCUT2D eigenvalue weighted by Gasteiger charge is -2.24. The second-order valence-electron chi connectivity index (χ2n) is 4.34. The Labute approximate surface area is 92.7 Å². The molecule has 4 heteroatoms. The van der Waals surface area contributed by atoms with E-state index in [2.05, 4.69) is 4.98 Å². The third kappa shape index (κ3) is 1.38. The van der Waals surface area contributed by atoms with Crippen LogP contribution in [0.15, 0.2) is 29.2 Å².